The molecule has 0 aliphatic rings. The fourth-order valence-corrected chi connectivity index (χ4v) is 5.47. The topological polar surface area (TPSA) is 132 Å². The van der Waals surface area contributed by atoms with Crippen LogP contribution in [0.3, 0.4) is 0 Å². The Bertz CT molecular complexity index is 1690. The summed E-state index contributed by atoms with van der Waals surface area (Å²) in [6, 6.07) is 25.2. The van der Waals surface area contributed by atoms with Crippen molar-refractivity contribution in [2.45, 2.75) is 4.90 Å². The van der Waals surface area contributed by atoms with E-state index >= 15 is 0 Å². The molecular weight excluding hydrogens is 558 g/mol. The number of amides is 1. The number of esters is 1. The van der Waals surface area contributed by atoms with Crippen molar-refractivity contribution in [3.05, 3.63) is 102 Å². The van der Waals surface area contributed by atoms with Gasteiger partial charge in [0.15, 0.2) is 0 Å². The number of nitrogens with one attached hydrogen (secondary N) is 3. The molecule has 0 aromatic heterocycles. The Morgan fingerprint density at radius 3 is 2.19 bits per heavy atom. The maximum absolute atomic E-state index is 13.5. The molecule has 0 aliphatic carbocycles. The zero-order valence-electron chi connectivity index (χ0n) is 23.3. The lowest BCUT2D eigenvalue weighted by Gasteiger charge is -2.15. The number of para-hydroxylation sites is 1. The molecule has 3 N–H and O–H groups in total. The quantitative estimate of drug-likeness (QED) is 0.159. The van der Waals surface area contributed by atoms with E-state index in [4.69, 9.17) is 14.2 Å². The molecule has 0 bridgehead atoms. The minimum absolute atomic E-state index is 0.0663. The number of sulfonamides is 1. The summed E-state index contributed by atoms with van der Waals surface area (Å²) in [5.41, 5.74) is 2.98. The maximum Gasteiger partial charge on any atom is 0.337 e. The van der Waals surface area contributed by atoms with Crippen molar-refractivity contribution >= 4 is 33.3 Å². The highest BCUT2D eigenvalue weighted by Crippen LogP contribution is 2.32. The summed E-state index contributed by atoms with van der Waals surface area (Å²) in [5, 5.41) is 6.01. The van der Waals surface area contributed by atoms with Gasteiger partial charge in [0.25, 0.3) is 15.9 Å². The molecule has 0 fully saturated rings. The van der Waals surface area contributed by atoms with Crippen molar-refractivity contribution in [3.8, 4) is 22.6 Å². The van der Waals surface area contributed by atoms with E-state index < -0.39 is 16.0 Å². The van der Waals surface area contributed by atoms with Crippen LogP contribution in [0.15, 0.2) is 95.9 Å². The van der Waals surface area contributed by atoms with Gasteiger partial charge in [-0.05, 0) is 65.7 Å². The van der Waals surface area contributed by atoms with E-state index in [1.807, 2.05) is 0 Å². The predicted molar refractivity (Wildman–Crippen MR) is 161 cm³/mol. The summed E-state index contributed by atoms with van der Waals surface area (Å²) in [7, 11) is 0.124. The SMILES string of the molecule is COC(=O)c1cccc(-c2ccc(OC)c(S(=O)(=O)Nc3cccc(NCCNC(=O)c4ccccc4OC)c3)c2)c1. The van der Waals surface area contributed by atoms with Gasteiger partial charge in [0.05, 0.1) is 38.1 Å². The van der Waals surface area contributed by atoms with Crippen molar-refractivity contribution in [2.75, 3.05) is 44.5 Å². The zero-order chi connectivity index (χ0) is 30.1. The maximum atomic E-state index is 13.5. The smallest absolute Gasteiger partial charge is 0.337 e. The molecule has 4 aromatic rings. The first kappa shape index (κ1) is 29.9. The Morgan fingerprint density at radius 2 is 1.43 bits per heavy atom. The molecule has 4 rings (SSSR count). The van der Waals surface area contributed by atoms with Crippen LogP contribution in [-0.4, -0.2) is 54.7 Å². The van der Waals surface area contributed by atoms with E-state index in [-0.39, 0.29) is 16.6 Å². The van der Waals surface area contributed by atoms with Crippen LogP contribution in [0.25, 0.3) is 11.1 Å². The van der Waals surface area contributed by atoms with Gasteiger partial charge in [0, 0.05) is 18.8 Å². The average molecular weight is 590 g/mol. The van der Waals surface area contributed by atoms with Gasteiger partial charge in [0.2, 0.25) is 0 Å². The fraction of sp³-hybridized carbons (Fsp3) is 0.161. The minimum atomic E-state index is -4.07. The van der Waals surface area contributed by atoms with Gasteiger partial charge in [0.1, 0.15) is 16.4 Å². The third-order valence-corrected chi connectivity index (χ3v) is 7.68. The third-order valence-electron chi connectivity index (χ3n) is 6.28. The molecule has 0 radical (unpaired) electrons. The zero-order valence-corrected chi connectivity index (χ0v) is 24.2. The van der Waals surface area contributed by atoms with Crippen LogP contribution in [0.4, 0.5) is 11.4 Å². The third kappa shape index (κ3) is 7.18. The molecule has 10 nitrogen and oxygen atoms in total. The first-order valence-electron chi connectivity index (χ1n) is 12.9. The van der Waals surface area contributed by atoms with E-state index in [2.05, 4.69) is 15.4 Å². The number of methoxy groups -OCH3 is 3. The minimum Gasteiger partial charge on any atom is -0.496 e. The molecule has 1 amide bonds. The Kier molecular flexibility index (Phi) is 9.66. The van der Waals surface area contributed by atoms with Gasteiger partial charge in [-0.25, -0.2) is 13.2 Å². The number of carbonyl (C=O) groups excluding carboxylic acids is 2. The summed E-state index contributed by atoms with van der Waals surface area (Å²) < 4.78 is 44.9. The molecule has 0 saturated carbocycles. The summed E-state index contributed by atoms with van der Waals surface area (Å²) in [5.74, 6) is -0.105. The highest BCUT2D eigenvalue weighted by molar-refractivity contribution is 7.92. The molecule has 0 heterocycles. The first-order chi connectivity index (χ1) is 20.2. The Labute approximate surface area is 244 Å². The number of rotatable bonds is 12. The lowest BCUT2D eigenvalue weighted by atomic mass is 10.0. The normalized spacial score (nSPS) is 10.8. The molecule has 0 saturated heterocycles. The molecule has 0 spiro atoms. The second-order valence-electron chi connectivity index (χ2n) is 9.01. The second-order valence-corrected chi connectivity index (χ2v) is 10.7. The number of ether oxygens (including phenoxy) is 3. The fourth-order valence-electron chi connectivity index (χ4n) is 4.22. The molecule has 0 atom stereocenters. The van der Waals surface area contributed by atoms with Crippen molar-refractivity contribution in [1.82, 2.24) is 5.32 Å². The number of carbonyl (C=O) groups is 2. The highest BCUT2D eigenvalue weighted by atomic mass is 32.2. The lowest BCUT2D eigenvalue weighted by Crippen LogP contribution is -2.29. The number of hydrogen-bond donors (Lipinski definition) is 3. The number of anilines is 2. The monoisotopic (exact) mass is 589 g/mol. The van der Waals surface area contributed by atoms with E-state index in [9.17, 15) is 18.0 Å². The summed E-state index contributed by atoms with van der Waals surface area (Å²) in [6.45, 7) is 0.728. The number of benzene rings is 4. The standard InChI is InChI=1S/C31H31N3O7S/c1-39-27-13-5-4-12-26(27)30(35)33-17-16-32-24-10-7-11-25(20-24)34-42(37,38)29-19-22(14-15-28(29)40-2)21-8-6-9-23(18-21)31(36)41-3/h4-15,18-20,32,34H,16-17H2,1-3H3,(H,33,35). The Morgan fingerprint density at radius 1 is 0.714 bits per heavy atom. The highest BCUT2D eigenvalue weighted by Gasteiger charge is 2.21. The molecule has 0 aliphatic heterocycles. The molecular formula is C31H31N3O7S. The van der Waals surface area contributed by atoms with Crippen molar-refractivity contribution < 1.29 is 32.2 Å². The van der Waals surface area contributed by atoms with Gasteiger partial charge >= 0.3 is 5.97 Å². The Balaban J connectivity index is 1.45. The van der Waals surface area contributed by atoms with E-state index in [0.29, 0.717) is 52.5 Å². The second kappa shape index (κ2) is 13.6. The van der Waals surface area contributed by atoms with E-state index in [1.54, 1.807) is 84.9 Å². The molecule has 11 heteroatoms. The van der Waals surface area contributed by atoms with Crippen LogP contribution >= 0.6 is 0 Å². The van der Waals surface area contributed by atoms with E-state index in [0.717, 1.165) is 0 Å². The first-order valence-corrected chi connectivity index (χ1v) is 14.4. The van der Waals surface area contributed by atoms with Crippen LogP contribution in [0, 0.1) is 0 Å². The molecule has 218 valence electrons. The lowest BCUT2D eigenvalue weighted by molar-refractivity contribution is 0.0600. The van der Waals surface area contributed by atoms with E-state index in [1.165, 1.54) is 27.4 Å². The van der Waals surface area contributed by atoms with Crippen molar-refractivity contribution in [2.24, 2.45) is 0 Å². The summed E-state index contributed by atoms with van der Waals surface area (Å²) in [6.07, 6.45) is 0. The van der Waals surface area contributed by atoms with Gasteiger partial charge in [-0.1, -0.05) is 36.4 Å². The molecule has 42 heavy (non-hydrogen) atoms. The molecule has 0 unspecified atom stereocenters. The number of hydrogen-bond acceptors (Lipinski definition) is 8. The van der Waals surface area contributed by atoms with Crippen LogP contribution in [0.5, 0.6) is 11.5 Å². The van der Waals surface area contributed by atoms with Crippen molar-refractivity contribution in [3.63, 3.8) is 0 Å². The Hall–Kier alpha value is -5.03. The van der Waals surface area contributed by atoms with Crippen LogP contribution < -0.4 is 24.8 Å². The largest absolute Gasteiger partial charge is 0.496 e. The van der Waals surface area contributed by atoms with Crippen LogP contribution in [0.2, 0.25) is 0 Å². The van der Waals surface area contributed by atoms with Gasteiger partial charge < -0.3 is 24.8 Å². The van der Waals surface area contributed by atoms with Crippen molar-refractivity contribution in [1.29, 1.82) is 0 Å². The van der Waals surface area contributed by atoms with Gasteiger partial charge in [-0.3, -0.25) is 9.52 Å². The molecule has 4 aromatic carbocycles. The van der Waals surface area contributed by atoms with Crippen LogP contribution in [-0.2, 0) is 14.8 Å². The van der Waals surface area contributed by atoms with Crippen LogP contribution in [0.1, 0.15) is 20.7 Å². The van der Waals surface area contributed by atoms with Gasteiger partial charge in [-0.15, -0.1) is 0 Å². The predicted octanol–water partition coefficient (Wildman–Crippen LogP) is 4.80. The average Bonchev–Trinajstić information content (AvgIpc) is 3.02. The summed E-state index contributed by atoms with van der Waals surface area (Å²) in [4.78, 5) is 24.4. The summed E-state index contributed by atoms with van der Waals surface area (Å²) >= 11 is 0. The van der Waals surface area contributed by atoms with Gasteiger partial charge in [-0.2, -0.15) is 0 Å².